The molecule has 0 atom stereocenters. The SMILES string of the molecule is N#Cc1ccc2c(c1)oc1cc(-c3ccc4cc(N(c5ccc(C6=CC(=N)C(=NS)C=C6)cc5)c5ccc(C6=CC(=NS)C(=N)C=C6)cc5)ccc4c3)ccc12. The van der Waals surface area contributed by atoms with Crippen molar-refractivity contribution in [1.29, 1.82) is 16.1 Å². The van der Waals surface area contributed by atoms with Crippen LogP contribution in [0.25, 0.3) is 55.0 Å². The number of hydrogen-bond donors (Lipinski definition) is 4. The lowest BCUT2D eigenvalue weighted by Gasteiger charge is -2.26. The van der Waals surface area contributed by atoms with Crippen LogP contribution in [0.1, 0.15) is 16.7 Å². The number of thiol groups is 2. The fourth-order valence-electron chi connectivity index (χ4n) is 7.23. The first-order valence-electron chi connectivity index (χ1n) is 17.7. The van der Waals surface area contributed by atoms with Gasteiger partial charge in [0, 0.05) is 27.8 Å². The highest BCUT2D eigenvalue weighted by Gasteiger charge is 2.17. The van der Waals surface area contributed by atoms with Gasteiger partial charge in [-0.1, -0.05) is 60.7 Å². The maximum atomic E-state index is 9.34. The number of allylic oxidation sites excluding steroid dienone is 8. The Morgan fingerprint density at radius 3 is 1.75 bits per heavy atom. The van der Waals surface area contributed by atoms with Crippen molar-refractivity contribution in [2.24, 2.45) is 8.80 Å². The number of rotatable bonds is 6. The van der Waals surface area contributed by atoms with Gasteiger partial charge in [-0.05, 0) is 167 Å². The number of nitriles is 1. The van der Waals surface area contributed by atoms with E-state index in [4.69, 9.17) is 15.2 Å². The average molecular weight is 759 g/mol. The quantitative estimate of drug-likeness (QED) is 0.100. The highest BCUT2D eigenvalue weighted by atomic mass is 32.1. The van der Waals surface area contributed by atoms with Gasteiger partial charge in [-0.2, -0.15) is 5.26 Å². The molecule has 0 fully saturated rings. The first-order chi connectivity index (χ1) is 27.4. The first-order valence-corrected chi connectivity index (χ1v) is 18.5. The molecule has 0 saturated heterocycles. The van der Waals surface area contributed by atoms with Crippen LogP contribution >= 0.6 is 25.6 Å². The van der Waals surface area contributed by atoms with Gasteiger partial charge in [0.05, 0.1) is 34.5 Å². The molecule has 0 aliphatic heterocycles. The van der Waals surface area contributed by atoms with Gasteiger partial charge >= 0.3 is 0 Å². The van der Waals surface area contributed by atoms with Crippen molar-refractivity contribution >= 4 is 109 Å². The van der Waals surface area contributed by atoms with Crippen LogP contribution < -0.4 is 4.90 Å². The van der Waals surface area contributed by atoms with Crippen LogP contribution in [-0.2, 0) is 0 Å². The van der Waals surface area contributed by atoms with Crippen LogP contribution in [0.3, 0.4) is 0 Å². The number of nitrogens with one attached hydrogen (secondary N) is 2. The summed E-state index contributed by atoms with van der Waals surface area (Å²) in [6, 6.07) is 43.7. The summed E-state index contributed by atoms with van der Waals surface area (Å²) in [6.45, 7) is 0. The summed E-state index contributed by atoms with van der Waals surface area (Å²) in [5.74, 6) is 0. The van der Waals surface area contributed by atoms with E-state index in [-0.39, 0.29) is 0 Å². The van der Waals surface area contributed by atoms with E-state index >= 15 is 0 Å². The Bertz CT molecular complexity index is 3030. The molecule has 9 heteroatoms. The van der Waals surface area contributed by atoms with E-state index in [1.165, 1.54) is 0 Å². The summed E-state index contributed by atoms with van der Waals surface area (Å²) in [7, 11) is 0. The molecule has 1 heterocycles. The Morgan fingerprint density at radius 1 is 0.518 bits per heavy atom. The van der Waals surface area contributed by atoms with Crippen molar-refractivity contribution in [2.45, 2.75) is 0 Å². The minimum absolute atomic E-state index is 0.320. The van der Waals surface area contributed by atoms with Gasteiger partial charge in [-0.3, -0.25) is 10.8 Å². The molecule has 7 aromatic rings. The van der Waals surface area contributed by atoms with Gasteiger partial charge in [0.25, 0.3) is 0 Å². The first kappa shape index (κ1) is 34.8. The molecule has 0 spiro atoms. The van der Waals surface area contributed by atoms with Crippen LogP contribution in [0.5, 0.6) is 0 Å². The maximum Gasteiger partial charge on any atom is 0.136 e. The van der Waals surface area contributed by atoms with Gasteiger partial charge in [0.2, 0.25) is 0 Å². The summed E-state index contributed by atoms with van der Waals surface area (Å²) in [5.41, 5.74) is 12.7. The molecule has 1 aromatic heterocycles. The van der Waals surface area contributed by atoms with Crippen molar-refractivity contribution in [1.82, 2.24) is 0 Å². The fourth-order valence-corrected chi connectivity index (χ4v) is 7.57. The van der Waals surface area contributed by atoms with Crippen molar-refractivity contribution in [2.75, 3.05) is 4.90 Å². The third-order valence-electron chi connectivity index (χ3n) is 10.1. The normalized spacial score (nSPS) is 15.5. The lowest BCUT2D eigenvalue weighted by Crippen LogP contribution is -2.12. The molecule has 9 rings (SSSR count). The number of nitrogens with zero attached hydrogens (tertiary/aromatic N) is 4. The zero-order valence-corrected chi connectivity index (χ0v) is 31.4. The van der Waals surface area contributed by atoms with Crippen molar-refractivity contribution < 1.29 is 4.42 Å². The lowest BCUT2D eigenvalue weighted by atomic mass is 9.96. The van der Waals surface area contributed by atoms with E-state index in [1.54, 1.807) is 24.3 Å². The molecule has 2 aliphatic rings. The second kappa shape index (κ2) is 14.3. The Hall–Kier alpha value is -6.99. The molecular formula is C47H30N6OS2. The topological polar surface area (TPSA) is 113 Å². The van der Waals surface area contributed by atoms with Crippen molar-refractivity contribution in [3.8, 4) is 17.2 Å². The zero-order chi connectivity index (χ0) is 38.3. The van der Waals surface area contributed by atoms with Gasteiger partial charge in [0.15, 0.2) is 0 Å². The molecule has 0 unspecified atom stereocenters. The molecule has 2 N–H and O–H groups in total. The van der Waals surface area contributed by atoms with Gasteiger partial charge in [-0.15, -0.1) is 0 Å². The zero-order valence-electron chi connectivity index (χ0n) is 29.6. The number of benzene rings is 6. The standard InChI is InChI=1S/C47H30N6OS2/c48-27-28-1-17-40-41-18-9-36(26-47(41)54-46(40)21-28)31-2-3-33-23-39(16-8-32(33)22-31)53(37-12-4-29(5-13-37)34-11-20-44(51-55)43(50)24-34)38-14-6-30(7-15-38)35-10-19-42(49)45(25-35)52-56/h1-26,49-50,55-56H. The fraction of sp³-hybridized carbons (Fsp3) is 0. The molecule has 0 saturated carbocycles. The minimum atomic E-state index is 0.320. The van der Waals surface area contributed by atoms with Gasteiger partial charge < -0.3 is 9.32 Å². The van der Waals surface area contributed by atoms with Crippen LogP contribution in [0.2, 0.25) is 0 Å². The molecule has 6 aromatic carbocycles. The van der Waals surface area contributed by atoms with Crippen LogP contribution in [0, 0.1) is 22.1 Å². The Kier molecular flexibility index (Phi) is 8.90. The molecule has 56 heavy (non-hydrogen) atoms. The highest BCUT2D eigenvalue weighted by molar-refractivity contribution is 7.79. The highest BCUT2D eigenvalue weighted by Crippen LogP contribution is 2.39. The van der Waals surface area contributed by atoms with Crippen LogP contribution in [0.4, 0.5) is 17.1 Å². The van der Waals surface area contributed by atoms with E-state index < -0.39 is 0 Å². The predicted molar refractivity (Wildman–Crippen MR) is 239 cm³/mol. The molecule has 7 nitrogen and oxygen atoms in total. The molecule has 266 valence electrons. The number of furan rings is 1. The van der Waals surface area contributed by atoms with Crippen molar-refractivity contribution in [3.63, 3.8) is 0 Å². The smallest absolute Gasteiger partial charge is 0.136 e. The third kappa shape index (κ3) is 6.37. The molecule has 0 amide bonds. The summed E-state index contributed by atoms with van der Waals surface area (Å²) in [6.07, 6.45) is 11.1. The monoisotopic (exact) mass is 758 g/mol. The lowest BCUT2D eigenvalue weighted by molar-refractivity contribution is 0.669. The van der Waals surface area contributed by atoms with Gasteiger partial charge in [-0.25, -0.2) is 8.80 Å². The largest absolute Gasteiger partial charge is 0.456 e. The second-order valence-electron chi connectivity index (χ2n) is 13.5. The third-order valence-corrected chi connectivity index (χ3v) is 10.6. The average Bonchev–Trinajstić information content (AvgIpc) is 3.61. The van der Waals surface area contributed by atoms with Crippen molar-refractivity contribution in [3.05, 3.63) is 174 Å². The molecule has 2 aliphatic carbocycles. The minimum Gasteiger partial charge on any atom is -0.456 e. The maximum absolute atomic E-state index is 9.34. The number of anilines is 3. The molecule has 0 radical (unpaired) electrons. The number of fused-ring (bicyclic) bond motifs is 4. The Morgan fingerprint density at radius 2 is 1.07 bits per heavy atom. The second-order valence-corrected chi connectivity index (χ2v) is 13.9. The molecule has 0 bridgehead atoms. The summed E-state index contributed by atoms with van der Waals surface area (Å²) in [5, 5.41) is 30.0. The summed E-state index contributed by atoms with van der Waals surface area (Å²) in [4.78, 5) is 2.23. The summed E-state index contributed by atoms with van der Waals surface area (Å²) >= 11 is 8.04. The summed E-state index contributed by atoms with van der Waals surface area (Å²) < 4.78 is 14.0. The molecular weight excluding hydrogens is 729 g/mol. The van der Waals surface area contributed by atoms with E-state index in [1.807, 2.05) is 30.4 Å². The number of hydrogen-bond acceptors (Lipinski definition) is 9. The van der Waals surface area contributed by atoms with Gasteiger partial charge in [0.1, 0.15) is 11.2 Å². The van der Waals surface area contributed by atoms with E-state index in [0.29, 0.717) is 34.0 Å². The van der Waals surface area contributed by atoms with E-state index in [2.05, 4.69) is 149 Å². The Labute approximate surface area is 333 Å². The van der Waals surface area contributed by atoms with E-state index in [0.717, 1.165) is 77.6 Å². The van der Waals surface area contributed by atoms with Crippen LogP contribution in [0.15, 0.2) is 171 Å². The van der Waals surface area contributed by atoms with Crippen LogP contribution in [-0.4, -0.2) is 22.8 Å². The Balaban J connectivity index is 1.08. The predicted octanol–water partition coefficient (Wildman–Crippen LogP) is 12.3. The van der Waals surface area contributed by atoms with E-state index in [9.17, 15) is 5.26 Å².